The lowest BCUT2D eigenvalue weighted by Gasteiger charge is -2.17. The van der Waals surface area contributed by atoms with E-state index in [1.54, 1.807) is 14.2 Å². The van der Waals surface area contributed by atoms with Gasteiger partial charge in [-0.15, -0.1) is 0 Å². The van der Waals surface area contributed by atoms with E-state index in [1.807, 2.05) is 36.4 Å². The topological polar surface area (TPSA) is 18.5 Å². The van der Waals surface area contributed by atoms with Crippen LogP contribution in [0.25, 0.3) is 22.3 Å². The zero-order valence-electron chi connectivity index (χ0n) is 12.7. The number of hydrogen-bond acceptors (Lipinski definition) is 2. The van der Waals surface area contributed by atoms with Crippen molar-refractivity contribution in [3.05, 3.63) is 72.8 Å². The first-order valence-electron chi connectivity index (χ1n) is 7.21. The van der Waals surface area contributed by atoms with Crippen molar-refractivity contribution in [1.82, 2.24) is 0 Å². The Morgan fingerprint density at radius 1 is 0.500 bits per heavy atom. The first-order valence-corrected chi connectivity index (χ1v) is 7.21. The molecule has 0 aliphatic heterocycles. The Hall–Kier alpha value is -2.74. The molecular weight excluding hydrogens is 272 g/mol. The zero-order valence-corrected chi connectivity index (χ0v) is 12.7. The number of methoxy groups -OCH3 is 2. The molecular formula is C20H18O2. The summed E-state index contributed by atoms with van der Waals surface area (Å²) in [5, 5.41) is 0. The summed E-state index contributed by atoms with van der Waals surface area (Å²) >= 11 is 0. The summed E-state index contributed by atoms with van der Waals surface area (Å²) in [6, 6.07) is 24.5. The predicted octanol–water partition coefficient (Wildman–Crippen LogP) is 5.04. The van der Waals surface area contributed by atoms with Gasteiger partial charge in [0, 0.05) is 11.1 Å². The van der Waals surface area contributed by atoms with Crippen LogP contribution in [0.4, 0.5) is 0 Å². The second kappa shape index (κ2) is 6.35. The van der Waals surface area contributed by atoms with Gasteiger partial charge in [-0.2, -0.15) is 0 Å². The van der Waals surface area contributed by atoms with Crippen LogP contribution < -0.4 is 9.47 Å². The second-order valence-corrected chi connectivity index (χ2v) is 4.96. The van der Waals surface area contributed by atoms with Crippen molar-refractivity contribution >= 4 is 0 Å². The number of hydrogen-bond donors (Lipinski definition) is 0. The number of rotatable bonds is 4. The molecule has 0 saturated carbocycles. The first kappa shape index (κ1) is 14.2. The lowest BCUT2D eigenvalue weighted by atomic mass is 9.98. The molecule has 0 atom stereocenters. The molecule has 0 aliphatic carbocycles. The van der Waals surface area contributed by atoms with Gasteiger partial charge in [0.05, 0.1) is 14.2 Å². The molecule has 0 aromatic heterocycles. The molecule has 3 aromatic carbocycles. The minimum absolute atomic E-state index is 0.759. The highest BCUT2D eigenvalue weighted by atomic mass is 16.5. The largest absolute Gasteiger partial charge is 0.492 e. The van der Waals surface area contributed by atoms with Gasteiger partial charge in [-0.3, -0.25) is 0 Å². The van der Waals surface area contributed by atoms with E-state index in [4.69, 9.17) is 9.47 Å². The van der Waals surface area contributed by atoms with Gasteiger partial charge < -0.3 is 9.47 Å². The van der Waals surface area contributed by atoms with Crippen LogP contribution in [0, 0.1) is 0 Å². The van der Waals surface area contributed by atoms with Crippen molar-refractivity contribution in [2.75, 3.05) is 14.2 Å². The highest BCUT2D eigenvalue weighted by molar-refractivity contribution is 5.83. The molecule has 0 heterocycles. The highest BCUT2D eigenvalue weighted by Crippen LogP contribution is 2.44. The maximum atomic E-state index is 5.66. The molecule has 0 aliphatic rings. The van der Waals surface area contributed by atoms with E-state index in [9.17, 15) is 0 Å². The van der Waals surface area contributed by atoms with E-state index < -0.39 is 0 Å². The molecule has 3 aromatic rings. The molecule has 0 saturated heterocycles. The monoisotopic (exact) mass is 290 g/mol. The Labute approximate surface area is 131 Å². The molecule has 0 unspecified atom stereocenters. The minimum atomic E-state index is 0.759. The Balaban J connectivity index is 2.21. The smallest absolute Gasteiger partial charge is 0.169 e. The SMILES string of the molecule is COc1c(-c2ccccc2)ccc(-c2ccccc2)c1OC. The normalized spacial score (nSPS) is 10.3. The van der Waals surface area contributed by atoms with Gasteiger partial charge in [-0.1, -0.05) is 60.7 Å². The summed E-state index contributed by atoms with van der Waals surface area (Å²) in [4.78, 5) is 0. The van der Waals surface area contributed by atoms with Crippen LogP contribution in [0.15, 0.2) is 72.8 Å². The van der Waals surface area contributed by atoms with Gasteiger partial charge in [-0.05, 0) is 23.3 Å². The van der Waals surface area contributed by atoms with Crippen LogP contribution in [0.3, 0.4) is 0 Å². The van der Waals surface area contributed by atoms with Crippen LogP contribution >= 0.6 is 0 Å². The average molecular weight is 290 g/mol. The van der Waals surface area contributed by atoms with E-state index in [0.717, 1.165) is 33.8 Å². The van der Waals surface area contributed by atoms with Gasteiger partial charge >= 0.3 is 0 Å². The Bertz CT molecular complexity index is 683. The highest BCUT2D eigenvalue weighted by Gasteiger charge is 2.17. The molecule has 0 fully saturated rings. The van der Waals surface area contributed by atoms with Gasteiger partial charge in [0.15, 0.2) is 11.5 Å². The summed E-state index contributed by atoms with van der Waals surface area (Å²) in [6.07, 6.45) is 0. The Morgan fingerprint density at radius 3 is 1.18 bits per heavy atom. The maximum Gasteiger partial charge on any atom is 0.169 e. The molecule has 0 bridgehead atoms. The Kier molecular flexibility index (Phi) is 4.10. The van der Waals surface area contributed by atoms with Crippen LogP contribution in [0.1, 0.15) is 0 Å². The van der Waals surface area contributed by atoms with Gasteiger partial charge in [-0.25, -0.2) is 0 Å². The zero-order chi connectivity index (χ0) is 15.4. The fourth-order valence-electron chi connectivity index (χ4n) is 2.66. The van der Waals surface area contributed by atoms with Crippen molar-refractivity contribution in [3.63, 3.8) is 0 Å². The lowest BCUT2D eigenvalue weighted by Crippen LogP contribution is -1.96. The van der Waals surface area contributed by atoms with E-state index in [-0.39, 0.29) is 0 Å². The van der Waals surface area contributed by atoms with Crippen LogP contribution in [-0.2, 0) is 0 Å². The van der Waals surface area contributed by atoms with E-state index in [2.05, 4.69) is 36.4 Å². The fraction of sp³-hybridized carbons (Fsp3) is 0.100. The van der Waals surface area contributed by atoms with Crippen molar-refractivity contribution in [2.24, 2.45) is 0 Å². The van der Waals surface area contributed by atoms with Gasteiger partial charge in [0.2, 0.25) is 0 Å². The molecule has 0 amide bonds. The lowest BCUT2D eigenvalue weighted by molar-refractivity contribution is 0.357. The summed E-state index contributed by atoms with van der Waals surface area (Å²) < 4.78 is 11.3. The summed E-state index contributed by atoms with van der Waals surface area (Å²) in [5.41, 5.74) is 4.27. The molecule has 22 heavy (non-hydrogen) atoms. The predicted molar refractivity (Wildman–Crippen MR) is 90.4 cm³/mol. The molecule has 2 heteroatoms. The fourth-order valence-corrected chi connectivity index (χ4v) is 2.66. The van der Waals surface area contributed by atoms with Crippen molar-refractivity contribution < 1.29 is 9.47 Å². The standard InChI is InChI=1S/C20H18O2/c1-21-19-17(15-9-5-3-6-10-15)13-14-18(20(19)22-2)16-11-7-4-8-12-16/h3-14H,1-2H3. The number of benzene rings is 3. The maximum absolute atomic E-state index is 5.66. The quantitative estimate of drug-likeness (QED) is 0.670. The molecule has 0 spiro atoms. The summed E-state index contributed by atoms with van der Waals surface area (Å²) in [5.74, 6) is 1.52. The van der Waals surface area contributed by atoms with Gasteiger partial charge in [0.25, 0.3) is 0 Å². The molecule has 0 N–H and O–H groups in total. The average Bonchev–Trinajstić information content (AvgIpc) is 2.61. The summed E-state index contributed by atoms with van der Waals surface area (Å²) in [6.45, 7) is 0. The van der Waals surface area contributed by atoms with Crippen LogP contribution in [-0.4, -0.2) is 14.2 Å². The Morgan fingerprint density at radius 2 is 0.864 bits per heavy atom. The molecule has 110 valence electrons. The van der Waals surface area contributed by atoms with Crippen LogP contribution in [0.2, 0.25) is 0 Å². The number of ether oxygens (including phenoxy) is 2. The van der Waals surface area contributed by atoms with Crippen molar-refractivity contribution in [1.29, 1.82) is 0 Å². The first-order chi connectivity index (χ1) is 10.8. The third kappa shape index (κ3) is 2.56. The molecule has 3 rings (SSSR count). The minimum Gasteiger partial charge on any atom is -0.492 e. The van der Waals surface area contributed by atoms with Crippen LogP contribution in [0.5, 0.6) is 11.5 Å². The third-order valence-electron chi connectivity index (χ3n) is 3.69. The molecule has 2 nitrogen and oxygen atoms in total. The van der Waals surface area contributed by atoms with Crippen molar-refractivity contribution in [2.45, 2.75) is 0 Å². The van der Waals surface area contributed by atoms with E-state index in [1.165, 1.54) is 0 Å². The van der Waals surface area contributed by atoms with E-state index >= 15 is 0 Å². The second-order valence-electron chi connectivity index (χ2n) is 4.96. The molecule has 0 radical (unpaired) electrons. The summed E-state index contributed by atoms with van der Waals surface area (Å²) in [7, 11) is 3.36. The van der Waals surface area contributed by atoms with E-state index in [0.29, 0.717) is 0 Å². The van der Waals surface area contributed by atoms with Gasteiger partial charge in [0.1, 0.15) is 0 Å². The third-order valence-corrected chi connectivity index (χ3v) is 3.69. The van der Waals surface area contributed by atoms with Crippen molar-refractivity contribution in [3.8, 4) is 33.8 Å².